The van der Waals surface area contributed by atoms with E-state index in [2.05, 4.69) is 160 Å². The van der Waals surface area contributed by atoms with Crippen LogP contribution in [0.4, 0.5) is 0 Å². The summed E-state index contributed by atoms with van der Waals surface area (Å²) < 4.78 is 0. The van der Waals surface area contributed by atoms with Crippen LogP contribution < -0.4 is 0 Å². The predicted molar refractivity (Wildman–Crippen MR) is 217 cm³/mol. The molecular formula is C42H76Si4. The van der Waals surface area contributed by atoms with Gasteiger partial charge in [-0.05, 0) is 105 Å². The minimum Gasteiger partial charge on any atom is -0.0987 e. The average molecular weight is 693 g/mol. The molecule has 4 heteroatoms. The Labute approximate surface area is 291 Å². The van der Waals surface area contributed by atoms with Gasteiger partial charge in [0.25, 0.3) is 0 Å². The first kappa shape index (κ1) is 37.2. The molecule has 0 N–H and O–H groups in total. The molecule has 6 rings (SSSR count). The van der Waals surface area contributed by atoms with E-state index in [0.717, 1.165) is 17.8 Å². The van der Waals surface area contributed by atoms with Crippen LogP contribution in [0.15, 0.2) is 30.3 Å². The van der Waals surface area contributed by atoms with Gasteiger partial charge < -0.3 is 0 Å². The second-order valence-corrected chi connectivity index (χ2v) is 55.6. The summed E-state index contributed by atoms with van der Waals surface area (Å²) in [6, 6.07) is 13.6. The number of benzene rings is 1. The fourth-order valence-corrected chi connectivity index (χ4v) is 127. The van der Waals surface area contributed by atoms with Crippen LogP contribution in [0, 0.1) is 23.2 Å². The predicted octanol–water partition coefficient (Wildman–Crippen LogP) is 13.2. The minimum atomic E-state index is -2.14. The van der Waals surface area contributed by atoms with Crippen LogP contribution in [0.3, 0.4) is 0 Å². The summed E-state index contributed by atoms with van der Waals surface area (Å²) in [6.45, 7) is 49.9. The molecule has 1 aliphatic heterocycles. The van der Waals surface area contributed by atoms with Gasteiger partial charge in [0, 0.05) is 0 Å². The molecule has 5 aliphatic rings. The minimum absolute atomic E-state index is 0.332. The van der Waals surface area contributed by atoms with Crippen molar-refractivity contribution in [1.29, 1.82) is 0 Å². The molecular weight excluding hydrogens is 617 g/mol. The van der Waals surface area contributed by atoms with Crippen molar-refractivity contribution >= 4 is 34.5 Å². The summed E-state index contributed by atoms with van der Waals surface area (Å²) >= 11 is 0. The van der Waals surface area contributed by atoms with E-state index >= 15 is 0 Å². The summed E-state index contributed by atoms with van der Waals surface area (Å²) in [7, 11) is -7.06. The summed E-state index contributed by atoms with van der Waals surface area (Å²) in [5, 5.41) is 2.05. The van der Waals surface area contributed by atoms with Crippen LogP contribution in [-0.4, -0.2) is 34.5 Å². The molecule has 1 aromatic rings. The van der Waals surface area contributed by atoms with Crippen LogP contribution >= 0.6 is 0 Å². The molecule has 0 saturated heterocycles. The van der Waals surface area contributed by atoms with E-state index in [1.165, 1.54) is 6.04 Å². The van der Waals surface area contributed by atoms with E-state index in [1.54, 1.807) is 44.1 Å². The van der Waals surface area contributed by atoms with Crippen molar-refractivity contribution in [3.05, 3.63) is 35.9 Å². The van der Waals surface area contributed by atoms with Gasteiger partial charge in [0.2, 0.25) is 0 Å². The van der Waals surface area contributed by atoms with Crippen molar-refractivity contribution in [2.24, 2.45) is 23.2 Å². The standard InChI is InChI=1S/C42H76Si4/c1-36(2,3)45(37(4,5)6,38(7,8)9)43-35(42-27-32-24-33(28-42)26-34(25-32)29-42)44(43,30-31-22-20-19-21-23-31)46(39(10,11)12,40(13,14)15)41(16,17)18/h19-23,32-34H,24-30H2,1-18H3/t32?,33?,34?,42?,44-/m0/s1. The van der Waals surface area contributed by atoms with Gasteiger partial charge in [-0.25, -0.2) is 0 Å². The Kier molecular flexibility index (Phi) is 8.69. The Morgan fingerprint density at radius 1 is 0.565 bits per heavy atom. The van der Waals surface area contributed by atoms with Gasteiger partial charge in [0.05, 0.1) is 22.3 Å². The Bertz CT molecular complexity index is 1230. The highest BCUT2D eigenvalue weighted by atomic mass is 29.8. The van der Waals surface area contributed by atoms with Crippen molar-refractivity contribution in [2.75, 3.05) is 0 Å². The molecule has 0 nitrogen and oxygen atoms in total. The third-order valence-corrected chi connectivity index (χ3v) is 78.0. The molecule has 260 valence electrons. The third-order valence-electron chi connectivity index (χ3n) is 14.7. The SMILES string of the molecule is CC(C)(C)[Si]([Si]1=C(C23CC4CC(CC(C4)C2)C3)[Si@]1(Cc1ccccc1)[Si](C(C)(C)C)(C(C)(C)C)C(C)(C)C)(C(C)(C)C)C(C)(C)C. The van der Waals surface area contributed by atoms with Crippen molar-refractivity contribution in [1.82, 2.24) is 0 Å². The van der Waals surface area contributed by atoms with Gasteiger partial charge in [-0.2, -0.15) is 0 Å². The van der Waals surface area contributed by atoms with Crippen molar-refractivity contribution in [3.8, 4) is 0 Å². The van der Waals surface area contributed by atoms with E-state index < -0.39 is 29.7 Å². The number of rotatable bonds is 5. The molecule has 1 atom stereocenters. The molecule has 0 aromatic heterocycles. The van der Waals surface area contributed by atoms with Crippen LogP contribution in [0.1, 0.15) is 169 Å². The molecule has 0 amide bonds. The van der Waals surface area contributed by atoms with Crippen molar-refractivity contribution in [2.45, 2.75) is 199 Å². The fourth-order valence-electron chi connectivity index (χ4n) is 17.3. The zero-order chi connectivity index (χ0) is 34.9. The maximum absolute atomic E-state index is 2.78. The summed E-state index contributed by atoms with van der Waals surface area (Å²) in [5.74, 6) is 3.03. The Morgan fingerprint density at radius 2 is 0.913 bits per heavy atom. The normalized spacial score (nSPS) is 31.1. The highest BCUT2D eigenvalue weighted by Crippen LogP contribution is 2.76. The van der Waals surface area contributed by atoms with Gasteiger partial charge in [-0.15, -0.1) is 0 Å². The Hall–Kier alpha value is -0.0425. The highest BCUT2D eigenvalue weighted by Gasteiger charge is 2.85. The van der Waals surface area contributed by atoms with Gasteiger partial charge in [-0.1, -0.05) is 165 Å². The van der Waals surface area contributed by atoms with Gasteiger partial charge in [-0.3, -0.25) is 0 Å². The lowest BCUT2D eigenvalue weighted by Crippen LogP contribution is -2.80. The van der Waals surface area contributed by atoms with Crippen LogP contribution in [0.5, 0.6) is 0 Å². The van der Waals surface area contributed by atoms with Crippen molar-refractivity contribution < 1.29 is 0 Å². The fraction of sp³-hybridized carbons (Fsp3) is 0.833. The zero-order valence-electron chi connectivity index (χ0n) is 34.1. The van der Waals surface area contributed by atoms with E-state index in [4.69, 9.17) is 0 Å². The van der Waals surface area contributed by atoms with E-state index in [0.29, 0.717) is 35.6 Å². The first-order chi connectivity index (χ1) is 20.6. The van der Waals surface area contributed by atoms with E-state index in [9.17, 15) is 0 Å². The quantitative estimate of drug-likeness (QED) is 0.269. The summed E-state index contributed by atoms with van der Waals surface area (Å²) in [6.07, 6.45) is 9.38. The molecule has 1 heterocycles. The highest BCUT2D eigenvalue weighted by molar-refractivity contribution is 8.01. The molecule has 4 aliphatic carbocycles. The molecule has 4 bridgehead atoms. The molecule has 46 heavy (non-hydrogen) atoms. The molecule has 4 saturated carbocycles. The Balaban J connectivity index is 2.05. The first-order valence-corrected chi connectivity index (χ1v) is 30.1. The smallest absolute Gasteiger partial charge is 0.0822 e. The lowest BCUT2D eigenvalue weighted by Gasteiger charge is -2.68. The Morgan fingerprint density at radius 3 is 1.22 bits per heavy atom. The average Bonchev–Trinajstić information content (AvgIpc) is 3.41. The molecule has 4 fully saturated rings. The maximum atomic E-state index is 2.78. The van der Waals surface area contributed by atoms with Crippen LogP contribution in [-0.2, 0) is 6.04 Å². The van der Waals surface area contributed by atoms with Crippen molar-refractivity contribution in [3.63, 3.8) is 0 Å². The largest absolute Gasteiger partial charge is 0.0987 e. The van der Waals surface area contributed by atoms with Gasteiger partial charge >= 0.3 is 0 Å². The zero-order valence-corrected chi connectivity index (χ0v) is 38.1. The topological polar surface area (TPSA) is 0 Å². The second kappa shape index (κ2) is 10.7. The first-order valence-electron chi connectivity index (χ1n) is 19.4. The monoisotopic (exact) mass is 693 g/mol. The molecule has 0 unspecified atom stereocenters. The van der Waals surface area contributed by atoms with E-state index in [-0.39, 0.29) is 0 Å². The lowest BCUT2D eigenvalue weighted by atomic mass is 9.50. The maximum Gasteiger partial charge on any atom is 0.0822 e. The molecule has 1 aromatic carbocycles. The van der Waals surface area contributed by atoms with Crippen LogP contribution in [0.2, 0.25) is 30.2 Å². The third kappa shape index (κ3) is 4.88. The van der Waals surface area contributed by atoms with Gasteiger partial charge in [0.15, 0.2) is 0 Å². The molecule has 0 radical (unpaired) electrons. The number of hydrogen-bond donors (Lipinski definition) is 0. The van der Waals surface area contributed by atoms with Crippen LogP contribution in [0.25, 0.3) is 0 Å². The second-order valence-electron chi connectivity index (χ2n) is 23.5. The van der Waals surface area contributed by atoms with E-state index in [1.807, 2.05) is 0 Å². The summed E-state index contributed by atoms with van der Waals surface area (Å²) in [4.78, 5) is 2.44. The lowest BCUT2D eigenvalue weighted by molar-refractivity contribution is -0.00967. The summed E-state index contributed by atoms with van der Waals surface area (Å²) in [5.41, 5.74) is 2.26. The van der Waals surface area contributed by atoms with Gasteiger partial charge in [0.1, 0.15) is 0 Å². The molecule has 0 spiro atoms. The number of hydrogen-bond acceptors (Lipinski definition) is 0.